The van der Waals surface area contributed by atoms with Crippen molar-refractivity contribution in [3.63, 3.8) is 0 Å². The van der Waals surface area contributed by atoms with Crippen LogP contribution in [0.3, 0.4) is 0 Å². The Labute approximate surface area is 180 Å². The van der Waals surface area contributed by atoms with Gasteiger partial charge in [-0.25, -0.2) is 9.97 Å². The van der Waals surface area contributed by atoms with Crippen LogP contribution in [0.25, 0.3) is 0 Å². The third-order valence-electron chi connectivity index (χ3n) is 5.95. The minimum absolute atomic E-state index is 0.125. The molecule has 0 fully saturated rings. The molecule has 158 valence electrons. The summed E-state index contributed by atoms with van der Waals surface area (Å²) in [5.74, 6) is -0.0258. The van der Waals surface area contributed by atoms with Gasteiger partial charge in [0.25, 0.3) is 5.91 Å². The third-order valence-corrected chi connectivity index (χ3v) is 5.95. The molecule has 2 atom stereocenters. The van der Waals surface area contributed by atoms with E-state index in [1.54, 1.807) is 18.5 Å². The predicted molar refractivity (Wildman–Crippen MR) is 116 cm³/mol. The van der Waals surface area contributed by atoms with E-state index in [0.717, 1.165) is 28.1 Å². The highest BCUT2D eigenvalue weighted by Gasteiger charge is 2.48. The number of rotatable bonds is 5. The maximum absolute atomic E-state index is 12.7. The Balaban J connectivity index is 1.49. The molecule has 2 amide bonds. The van der Waals surface area contributed by atoms with Gasteiger partial charge < -0.3 is 10.6 Å². The molecule has 8 heteroatoms. The van der Waals surface area contributed by atoms with Gasteiger partial charge in [-0.3, -0.25) is 19.6 Å². The van der Waals surface area contributed by atoms with Gasteiger partial charge in [-0.05, 0) is 50.1 Å². The zero-order chi connectivity index (χ0) is 22.2. The van der Waals surface area contributed by atoms with Crippen molar-refractivity contribution < 1.29 is 9.59 Å². The SMILES string of the molecule is Cc1cc(CNC(=O)c2ccc([C@@H](C)[C@@]3(C)C(=O)Nc4ncncc43)cn2)cc(C)n1. The average Bonchev–Trinajstić information content (AvgIpc) is 3.02. The van der Waals surface area contributed by atoms with Crippen LogP contribution in [-0.2, 0) is 16.8 Å². The van der Waals surface area contributed by atoms with Crippen LogP contribution in [0, 0.1) is 13.8 Å². The van der Waals surface area contributed by atoms with E-state index in [-0.39, 0.29) is 17.7 Å². The summed E-state index contributed by atoms with van der Waals surface area (Å²) >= 11 is 0. The van der Waals surface area contributed by atoms with Gasteiger partial charge in [0.15, 0.2) is 0 Å². The number of nitrogens with zero attached hydrogens (tertiary/aromatic N) is 4. The van der Waals surface area contributed by atoms with E-state index < -0.39 is 5.41 Å². The maximum Gasteiger partial charge on any atom is 0.270 e. The summed E-state index contributed by atoms with van der Waals surface area (Å²) in [5.41, 5.74) is 3.93. The summed E-state index contributed by atoms with van der Waals surface area (Å²) in [7, 11) is 0. The molecule has 0 unspecified atom stereocenters. The molecule has 8 nitrogen and oxygen atoms in total. The summed E-state index contributed by atoms with van der Waals surface area (Å²) in [4.78, 5) is 42.2. The number of carbonyl (C=O) groups is 2. The lowest BCUT2D eigenvalue weighted by molar-refractivity contribution is -0.120. The highest BCUT2D eigenvalue weighted by atomic mass is 16.2. The molecule has 1 aliphatic rings. The Hall–Kier alpha value is -3.68. The van der Waals surface area contributed by atoms with Crippen molar-refractivity contribution in [1.29, 1.82) is 0 Å². The van der Waals surface area contributed by atoms with Gasteiger partial charge in [0.05, 0.1) is 5.41 Å². The Morgan fingerprint density at radius 2 is 1.90 bits per heavy atom. The predicted octanol–water partition coefficient (Wildman–Crippen LogP) is 2.83. The first kappa shape index (κ1) is 20.6. The number of fused-ring (bicyclic) bond motifs is 1. The molecule has 0 saturated heterocycles. The molecule has 0 aliphatic carbocycles. The molecule has 1 aliphatic heterocycles. The summed E-state index contributed by atoms with van der Waals surface area (Å²) in [5, 5.41) is 5.72. The van der Waals surface area contributed by atoms with Crippen molar-refractivity contribution >= 4 is 17.6 Å². The maximum atomic E-state index is 12.7. The molecule has 31 heavy (non-hydrogen) atoms. The van der Waals surface area contributed by atoms with Crippen molar-refractivity contribution in [2.24, 2.45) is 0 Å². The molecular weight excluding hydrogens is 392 g/mol. The normalized spacial score (nSPS) is 18.3. The Morgan fingerprint density at radius 1 is 1.16 bits per heavy atom. The topological polar surface area (TPSA) is 110 Å². The number of hydrogen-bond donors (Lipinski definition) is 2. The quantitative estimate of drug-likeness (QED) is 0.662. The molecule has 0 radical (unpaired) electrons. The average molecular weight is 416 g/mol. The van der Waals surface area contributed by atoms with Crippen LogP contribution in [-0.4, -0.2) is 31.8 Å². The minimum atomic E-state index is -0.820. The molecule has 0 saturated carbocycles. The van der Waals surface area contributed by atoms with Crippen LogP contribution in [0.15, 0.2) is 43.0 Å². The first-order valence-electron chi connectivity index (χ1n) is 10.1. The van der Waals surface area contributed by atoms with Gasteiger partial charge in [0, 0.05) is 41.8 Å². The first-order chi connectivity index (χ1) is 14.8. The Morgan fingerprint density at radius 3 is 2.58 bits per heavy atom. The molecule has 4 heterocycles. The summed E-state index contributed by atoms with van der Waals surface area (Å²) in [6.07, 6.45) is 4.74. The lowest BCUT2D eigenvalue weighted by atomic mass is 9.71. The van der Waals surface area contributed by atoms with E-state index in [1.807, 2.05) is 45.9 Å². The second kappa shape index (κ2) is 7.86. The van der Waals surface area contributed by atoms with Crippen molar-refractivity contribution in [3.8, 4) is 0 Å². The number of aromatic nitrogens is 4. The zero-order valence-electron chi connectivity index (χ0n) is 17.9. The molecule has 2 N–H and O–H groups in total. The van der Waals surface area contributed by atoms with Crippen molar-refractivity contribution in [2.45, 2.75) is 45.6 Å². The summed E-state index contributed by atoms with van der Waals surface area (Å²) in [6, 6.07) is 7.41. The van der Waals surface area contributed by atoms with Gasteiger partial charge in [0.1, 0.15) is 17.8 Å². The molecule has 3 aromatic heterocycles. The van der Waals surface area contributed by atoms with Crippen LogP contribution < -0.4 is 10.6 Å². The van der Waals surface area contributed by atoms with Crippen LogP contribution in [0.1, 0.15) is 58.3 Å². The lowest BCUT2D eigenvalue weighted by Crippen LogP contribution is -2.36. The van der Waals surface area contributed by atoms with Crippen LogP contribution in [0.4, 0.5) is 5.82 Å². The van der Waals surface area contributed by atoms with Gasteiger partial charge >= 0.3 is 0 Å². The first-order valence-corrected chi connectivity index (χ1v) is 10.1. The second-order valence-electron chi connectivity index (χ2n) is 8.08. The molecule has 4 rings (SSSR count). The van der Waals surface area contributed by atoms with E-state index in [0.29, 0.717) is 18.1 Å². The minimum Gasteiger partial charge on any atom is -0.347 e. The number of carbonyl (C=O) groups excluding carboxylic acids is 2. The lowest BCUT2D eigenvalue weighted by Gasteiger charge is -2.29. The molecule has 0 bridgehead atoms. The highest BCUT2D eigenvalue weighted by molar-refractivity contribution is 6.05. The van der Waals surface area contributed by atoms with E-state index in [4.69, 9.17) is 0 Å². The number of aryl methyl sites for hydroxylation is 2. The van der Waals surface area contributed by atoms with E-state index >= 15 is 0 Å². The van der Waals surface area contributed by atoms with Crippen molar-refractivity contribution in [3.05, 3.63) is 76.8 Å². The third kappa shape index (κ3) is 3.76. The van der Waals surface area contributed by atoms with E-state index in [1.165, 1.54) is 6.33 Å². The smallest absolute Gasteiger partial charge is 0.270 e. The number of nitrogens with one attached hydrogen (secondary N) is 2. The number of anilines is 1. The van der Waals surface area contributed by atoms with Gasteiger partial charge in [0.2, 0.25) is 5.91 Å². The fraction of sp³-hybridized carbons (Fsp3) is 0.304. The van der Waals surface area contributed by atoms with Crippen LogP contribution in [0.5, 0.6) is 0 Å². The van der Waals surface area contributed by atoms with E-state index in [9.17, 15) is 9.59 Å². The highest BCUT2D eigenvalue weighted by Crippen LogP contribution is 2.45. The molecule has 3 aromatic rings. The number of hydrogen-bond acceptors (Lipinski definition) is 6. The Bertz CT molecular complexity index is 1140. The van der Waals surface area contributed by atoms with Gasteiger partial charge in [-0.2, -0.15) is 0 Å². The fourth-order valence-corrected chi connectivity index (χ4v) is 4.02. The van der Waals surface area contributed by atoms with E-state index in [2.05, 4.69) is 30.6 Å². The van der Waals surface area contributed by atoms with Crippen molar-refractivity contribution in [2.75, 3.05) is 5.32 Å². The largest absolute Gasteiger partial charge is 0.347 e. The number of amides is 2. The molecule has 0 aromatic carbocycles. The van der Waals surface area contributed by atoms with Gasteiger partial charge in [-0.1, -0.05) is 13.0 Å². The monoisotopic (exact) mass is 416 g/mol. The van der Waals surface area contributed by atoms with Gasteiger partial charge in [-0.15, -0.1) is 0 Å². The Kier molecular flexibility index (Phi) is 5.22. The van der Waals surface area contributed by atoms with Crippen LogP contribution in [0.2, 0.25) is 0 Å². The standard InChI is InChI=1S/C23H24N6O2/c1-13-7-16(8-14(2)28-13)9-26-21(30)19-6-5-17(10-25-19)15(3)23(4)18-11-24-12-27-20(18)29-22(23)31/h5-8,10-12,15H,9H2,1-4H3,(H,26,30)(H,24,27,29,31)/t15-,23-/m1/s1. The summed E-state index contributed by atoms with van der Waals surface area (Å²) < 4.78 is 0. The fourth-order valence-electron chi connectivity index (χ4n) is 4.02. The zero-order valence-corrected chi connectivity index (χ0v) is 17.9. The van der Waals surface area contributed by atoms with Crippen LogP contribution >= 0.6 is 0 Å². The van der Waals surface area contributed by atoms with Crippen molar-refractivity contribution in [1.82, 2.24) is 25.3 Å². The second-order valence-corrected chi connectivity index (χ2v) is 8.08. The molecular formula is C23H24N6O2. The molecule has 0 spiro atoms. The number of pyridine rings is 2. The summed E-state index contributed by atoms with van der Waals surface area (Å²) in [6.45, 7) is 8.09.